The quantitative estimate of drug-likeness (QED) is 0.798. The number of methoxy groups -OCH3 is 2. The molecule has 0 fully saturated rings. The number of rotatable bonds is 6. The fraction of sp³-hybridized carbons (Fsp3) is 0.462. The molecular formula is C13H17BrFNO4. The van der Waals surface area contributed by atoms with Gasteiger partial charge >= 0.3 is 5.97 Å². The highest BCUT2D eigenvalue weighted by molar-refractivity contribution is 9.10. The number of ether oxygens (including phenoxy) is 3. The Bertz CT molecular complexity index is 458. The minimum absolute atomic E-state index is 0.0962. The van der Waals surface area contributed by atoms with Crippen molar-refractivity contribution in [3.05, 3.63) is 22.2 Å². The van der Waals surface area contributed by atoms with Gasteiger partial charge in [-0.3, -0.25) is 0 Å². The van der Waals surface area contributed by atoms with Crippen molar-refractivity contribution in [3.8, 4) is 11.5 Å². The number of esters is 1. The third-order valence-electron chi connectivity index (χ3n) is 2.68. The maximum atomic E-state index is 13.9. The van der Waals surface area contributed by atoms with Crippen LogP contribution < -0.4 is 15.2 Å². The average Bonchev–Trinajstić information content (AvgIpc) is 2.46. The number of nitrogens with two attached hydrogens (primary N) is 1. The van der Waals surface area contributed by atoms with Crippen LogP contribution in [-0.4, -0.2) is 33.0 Å². The lowest BCUT2D eigenvalue weighted by molar-refractivity contribution is -0.149. The van der Waals surface area contributed by atoms with E-state index in [1.807, 2.05) is 0 Å². The second-order valence-electron chi connectivity index (χ2n) is 3.92. The Morgan fingerprint density at radius 1 is 1.35 bits per heavy atom. The molecule has 2 atom stereocenters. The molecular weight excluding hydrogens is 333 g/mol. The van der Waals surface area contributed by atoms with E-state index < -0.39 is 18.2 Å². The van der Waals surface area contributed by atoms with Gasteiger partial charge in [0.2, 0.25) is 6.17 Å². The van der Waals surface area contributed by atoms with Crippen LogP contribution in [0.2, 0.25) is 0 Å². The lowest BCUT2D eigenvalue weighted by Crippen LogP contribution is -2.31. The summed E-state index contributed by atoms with van der Waals surface area (Å²) < 4.78 is 29.4. The molecule has 5 nitrogen and oxygen atoms in total. The number of hydrogen-bond acceptors (Lipinski definition) is 5. The lowest BCUT2D eigenvalue weighted by Gasteiger charge is -2.18. The lowest BCUT2D eigenvalue weighted by atomic mass is 10.0. The summed E-state index contributed by atoms with van der Waals surface area (Å²) >= 11 is 3.30. The Balaban J connectivity index is 3.09. The normalized spacial score (nSPS) is 13.5. The Kier molecular flexibility index (Phi) is 6.22. The Hall–Kier alpha value is -1.34. The van der Waals surface area contributed by atoms with Crippen LogP contribution in [0, 0.1) is 0 Å². The van der Waals surface area contributed by atoms with E-state index in [1.165, 1.54) is 14.2 Å². The predicted octanol–water partition coefficient (Wildman–Crippen LogP) is 2.37. The average molecular weight is 350 g/mol. The number of alkyl halides is 1. The molecule has 0 aromatic heterocycles. The molecule has 1 aromatic carbocycles. The van der Waals surface area contributed by atoms with Gasteiger partial charge in [-0.2, -0.15) is 0 Å². The van der Waals surface area contributed by atoms with Crippen LogP contribution in [0.4, 0.5) is 4.39 Å². The molecule has 0 aliphatic heterocycles. The van der Waals surface area contributed by atoms with Gasteiger partial charge in [0.05, 0.1) is 26.9 Å². The molecule has 1 rings (SSSR count). The molecule has 20 heavy (non-hydrogen) atoms. The van der Waals surface area contributed by atoms with Gasteiger partial charge in [-0.25, -0.2) is 9.18 Å². The van der Waals surface area contributed by atoms with E-state index in [1.54, 1.807) is 19.1 Å². The molecule has 0 saturated carbocycles. The molecule has 0 bridgehead atoms. The number of benzene rings is 1. The van der Waals surface area contributed by atoms with Gasteiger partial charge in [-0.1, -0.05) is 0 Å². The second-order valence-corrected chi connectivity index (χ2v) is 4.71. The van der Waals surface area contributed by atoms with Crippen molar-refractivity contribution in [1.82, 2.24) is 0 Å². The first kappa shape index (κ1) is 16.7. The third kappa shape index (κ3) is 3.61. The van der Waals surface area contributed by atoms with E-state index in [9.17, 15) is 9.18 Å². The molecule has 0 aliphatic rings. The Morgan fingerprint density at radius 2 is 1.85 bits per heavy atom. The first-order valence-electron chi connectivity index (χ1n) is 5.93. The molecule has 1 unspecified atom stereocenters. The summed E-state index contributed by atoms with van der Waals surface area (Å²) in [6, 6.07) is 1.93. The van der Waals surface area contributed by atoms with Crippen molar-refractivity contribution in [3.63, 3.8) is 0 Å². The van der Waals surface area contributed by atoms with Crippen molar-refractivity contribution in [2.45, 2.75) is 19.1 Å². The van der Waals surface area contributed by atoms with Crippen molar-refractivity contribution in [2.24, 2.45) is 5.73 Å². The fourth-order valence-electron chi connectivity index (χ4n) is 1.62. The van der Waals surface area contributed by atoms with Gasteiger partial charge < -0.3 is 19.9 Å². The van der Waals surface area contributed by atoms with Gasteiger partial charge in [-0.05, 0) is 40.5 Å². The van der Waals surface area contributed by atoms with Crippen LogP contribution in [0.3, 0.4) is 0 Å². The van der Waals surface area contributed by atoms with Gasteiger partial charge in [0.15, 0.2) is 0 Å². The Labute approximate surface area is 125 Å². The highest BCUT2D eigenvalue weighted by Crippen LogP contribution is 2.37. The van der Waals surface area contributed by atoms with Crippen molar-refractivity contribution < 1.29 is 23.4 Å². The van der Waals surface area contributed by atoms with Gasteiger partial charge in [0, 0.05) is 0 Å². The van der Waals surface area contributed by atoms with Crippen LogP contribution in [-0.2, 0) is 9.53 Å². The summed E-state index contributed by atoms with van der Waals surface area (Å²) in [5.41, 5.74) is 6.14. The number of halogens is 2. The first-order chi connectivity index (χ1) is 9.46. The zero-order chi connectivity index (χ0) is 15.3. The summed E-state index contributed by atoms with van der Waals surface area (Å²) in [6.45, 7) is 1.70. The summed E-state index contributed by atoms with van der Waals surface area (Å²) in [5.74, 6) is -0.113. The van der Waals surface area contributed by atoms with Crippen LogP contribution in [0.1, 0.15) is 18.5 Å². The largest absolute Gasteiger partial charge is 0.495 e. The Morgan fingerprint density at radius 3 is 2.25 bits per heavy atom. The molecule has 0 aliphatic carbocycles. The van der Waals surface area contributed by atoms with Gasteiger partial charge in [0.1, 0.15) is 16.0 Å². The second kappa shape index (κ2) is 7.44. The summed E-state index contributed by atoms with van der Waals surface area (Å²) in [6.07, 6.45) is -1.95. The summed E-state index contributed by atoms with van der Waals surface area (Å²) in [4.78, 5) is 11.4. The molecule has 0 saturated heterocycles. The van der Waals surface area contributed by atoms with E-state index >= 15 is 0 Å². The fourth-order valence-corrected chi connectivity index (χ4v) is 2.17. The number of carbonyl (C=O) groups excluding carboxylic acids is 1. The highest BCUT2D eigenvalue weighted by atomic mass is 79.9. The van der Waals surface area contributed by atoms with E-state index in [0.29, 0.717) is 21.5 Å². The molecule has 7 heteroatoms. The highest BCUT2D eigenvalue weighted by Gasteiger charge is 2.29. The van der Waals surface area contributed by atoms with Crippen LogP contribution in [0.5, 0.6) is 11.5 Å². The maximum absolute atomic E-state index is 13.9. The zero-order valence-electron chi connectivity index (χ0n) is 11.5. The number of carbonyl (C=O) groups is 1. The van der Waals surface area contributed by atoms with E-state index in [4.69, 9.17) is 15.2 Å². The summed E-state index contributed by atoms with van der Waals surface area (Å²) in [7, 11) is 2.93. The number of hydrogen-bond donors (Lipinski definition) is 1. The monoisotopic (exact) mass is 349 g/mol. The topological polar surface area (TPSA) is 70.8 Å². The van der Waals surface area contributed by atoms with Crippen molar-refractivity contribution in [2.75, 3.05) is 20.8 Å². The molecule has 112 valence electrons. The zero-order valence-corrected chi connectivity index (χ0v) is 13.1. The molecule has 0 spiro atoms. The maximum Gasteiger partial charge on any atom is 0.342 e. The minimum Gasteiger partial charge on any atom is -0.495 e. The summed E-state index contributed by atoms with van der Waals surface area (Å²) in [5, 5.41) is 0. The predicted molar refractivity (Wildman–Crippen MR) is 75.7 cm³/mol. The SMILES string of the molecule is CCOC(=O)C(F)[C@H](N)c1cc(OC)c(Br)c(OC)c1. The van der Waals surface area contributed by atoms with Gasteiger partial charge in [-0.15, -0.1) is 0 Å². The van der Waals surface area contributed by atoms with E-state index in [2.05, 4.69) is 20.7 Å². The van der Waals surface area contributed by atoms with Crippen LogP contribution in [0.25, 0.3) is 0 Å². The molecule has 0 heterocycles. The van der Waals surface area contributed by atoms with E-state index in [-0.39, 0.29) is 6.61 Å². The van der Waals surface area contributed by atoms with Crippen LogP contribution in [0.15, 0.2) is 16.6 Å². The smallest absolute Gasteiger partial charge is 0.342 e. The van der Waals surface area contributed by atoms with E-state index in [0.717, 1.165) is 0 Å². The minimum atomic E-state index is -1.95. The van der Waals surface area contributed by atoms with Crippen molar-refractivity contribution in [1.29, 1.82) is 0 Å². The van der Waals surface area contributed by atoms with Gasteiger partial charge in [0.25, 0.3) is 0 Å². The molecule has 0 amide bonds. The third-order valence-corrected chi connectivity index (χ3v) is 3.46. The molecule has 1 aromatic rings. The first-order valence-corrected chi connectivity index (χ1v) is 6.73. The van der Waals surface area contributed by atoms with Crippen molar-refractivity contribution >= 4 is 21.9 Å². The molecule has 2 N–H and O–H groups in total. The molecule has 0 radical (unpaired) electrons. The standard InChI is InChI=1S/C13H17BrFNO4/c1-4-20-13(17)11(15)12(16)7-5-8(18-2)10(14)9(6-7)19-3/h5-6,11-12H,4,16H2,1-3H3/t11?,12-/m1/s1. The van der Waals surface area contributed by atoms with Crippen LogP contribution >= 0.6 is 15.9 Å².